The standard InChI is InChI=1S/C20H20N2O2S/c1-3-24-17(23)14-21-20-22(2)18(15-10-6-4-7-11-15)19(25-20)16-12-8-5-9-13-16/h4-13H,3,14H2,1-2H3. The number of nitrogens with zero attached hydrogens (tertiary/aromatic N) is 2. The number of aromatic nitrogens is 1. The van der Waals surface area contributed by atoms with Gasteiger partial charge in [-0.15, -0.1) is 0 Å². The third kappa shape index (κ3) is 3.88. The summed E-state index contributed by atoms with van der Waals surface area (Å²) >= 11 is 1.58. The molecule has 0 fully saturated rings. The van der Waals surface area contributed by atoms with Crippen molar-refractivity contribution >= 4 is 17.3 Å². The number of ether oxygens (including phenoxy) is 1. The van der Waals surface area contributed by atoms with Gasteiger partial charge in [0.1, 0.15) is 6.54 Å². The minimum absolute atomic E-state index is 0.0324. The molecule has 0 radical (unpaired) electrons. The molecule has 4 nitrogen and oxygen atoms in total. The maximum Gasteiger partial charge on any atom is 0.327 e. The Morgan fingerprint density at radius 1 is 1.04 bits per heavy atom. The molecule has 0 saturated heterocycles. The normalized spacial score (nSPS) is 11.5. The van der Waals surface area contributed by atoms with Crippen LogP contribution in [0.3, 0.4) is 0 Å². The summed E-state index contributed by atoms with van der Waals surface area (Å²) in [6.07, 6.45) is 0. The van der Waals surface area contributed by atoms with Gasteiger partial charge in [-0.3, -0.25) is 4.79 Å². The number of thiazole rings is 1. The van der Waals surface area contributed by atoms with Crippen molar-refractivity contribution in [3.05, 3.63) is 65.5 Å². The quantitative estimate of drug-likeness (QED) is 0.654. The zero-order valence-electron chi connectivity index (χ0n) is 14.3. The second kappa shape index (κ2) is 7.94. The summed E-state index contributed by atoms with van der Waals surface area (Å²) in [5.41, 5.74) is 3.36. The number of esters is 1. The first-order valence-corrected chi connectivity index (χ1v) is 8.99. The van der Waals surface area contributed by atoms with Gasteiger partial charge in [-0.05, 0) is 18.1 Å². The van der Waals surface area contributed by atoms with E-state index in [1.165, 1.54) is 0 Å². The number of rotatable bonds is 5. The summed E-state index contributed by atoms with van der Waals surface area (Å²) in [5, 5.41) is 0. The van der Waals surface area contributed by atoms with E-state index in [1.54, 1.807) is 18.3 Å². The first-order valence-electron chi connectivity index (χ1n) is 8.17. The van der Waals surface area contributed by atoms with Gasteiger partial charge in [-0.2, -0.15) is 0 Å². The first-order chi connectivity index (χ1) is 12.2. The van der Waals surface area contributed by atoms with Crippen LogP contribution in [-0.2, 0) is 16.6 Å². The Balaban J connectivity index is 2.12. The molecule has 1 aromatic heterocycles. The molecule has 0 aliphatic carbocycles. The van der Waals surface area contributed by atoms with E-state index in [2.05, 4.69) is 29.3 Å². The van der Waals surface area contributed by atoms with Crippen LogP contribution in [0.2, 0.25) is 0 Å². The predicted octanol–water partition coefficient (Wildman–Crippen LogP) is 3.88. The summed E-state index contributed by atoms with van der Waals surface area (Å²) < 4.78 is 7.02. The van der Waals surface area contributed by atoms with E-state index in [-0.39, 0.29) is 12.5 Å². The summed E-state index contributed by atoms with van der Waals surface area (Å²) in [7, 11) is 1.98. The number of hydrogen-bond acceptors (Lipinski definition) is 4. The van der Waals surface area contributed by atoms with E-state index in [0.29, 0.717) is 6.61 Å². The van der Waals surface area contributed by atoms with Crippen LogP contribution in [0.1, 0.15) is 6.92 Å². The van der Waals surface area contributed by atoms with Gasteiger partial charge in [0.15, 0.2) is 4.80 Å². The molecule has 2 aromatic carbocycles. The van der Waals surface area contributed by atoms with E-state index < -0.39 is 0 Å². The molecule has 5 heteroatoms. The molecule has 0 atom stereocenters. The van der Waals surface area contributed by atoms with Crippen LogP contribution in [-0.4, -0.2) is 23.7 Å². The van der Waals surface area contributed by atoms with Crippen molar-refractivity contribution in [2.45, 2.75) is 6.92 Å². The van der Waals surface area contributed by atoms with Crippen molar-refractivity contribution in [3.8, 4) is 21.7 Å². The van der Waals surface area contributed by atoms with Crippen LogP contribution in [0, 0.1) is 0 Å². The van der Waals surface area contributed by atoms with Crippen LogP contribution in [0.4, 0.5) is 0 Å². The topological polar surface area (TPSA) is 43.6 Å². The molecular formula is C20H20N2O2S. The minimum atomic E-state index is -0.307. The van der Waals surface area contributed by atoms with Crippen LogP contribution < -0.4 is 4.80 Å². The minimum Gasteiger partial charge on any atom is -0.465 e. The lowest BCUT2D eigenvalue weighted by molar-refractivity contribution is -0.141. The summed E-state index contributed by atoms with van der Waals surface area (Å²) in [6.45, 7) is 2.20. The Bertz CT molecular complexity index is 912. The molecule has 1 heterocycles. The van der Waals surface area contributed by atoms with Crippen molar-refractivity contribution in [1.29, 1.82) is 0 Å². The highest BCUT2D eigenvalue weighted by Gasteiger charge is 2.15. The lowest BCUT2D eigenvalue weighted by atomic mass is 10.1. The largest absolute Gasteiger partial charge is 0.465 e. The highest BCUT2D eigenvalue weighted by atomic mass is 32.1. The summed E-state index contributed by atoms with van der Waals surface area (Å²) in [4.78, 5) is 18.0. The third-order valence-corrected chi connectivity index (χ3v) is 4.98. The molecule has 0 saturated carbocycles. The number of hydrogen-bond donors (Lipinski definition) is 0. The highest BCUT2D eigenvalue weighted by molar-refractivity contribution is 7.13. The van der Waals surface area contributed by atoms with E-state index in [9.17, 15) is 4.79 Å². The van der Waals surface area contributed by atoms with E-state index in [4.69, 9.17) is 4.74 Å². The number of carbonyl (C=O) groups excluding carboxylic acids is 1. The molecule has 0 bridgehead atoms. The molecule has 0 N–H and O–H groups in total. The van der Waals surface area contributed by atoms with Gasteiger partial charge in [-0.25, -0.2) is 4.99 Å². The van der Waals surface area contributed by atoms with Gasteiger partial charge in [0, 0.05) is 7.05 Å². The lowest BCUT2D eigenvalue weighted by Gasteiger charge is -2.07. The zero-order valence-corrected chi connectivity index (χ0v) is 15.1. The van der Waals surface area contributed by atoms with Crippen molar-refractivity contribution in [1.82, 2.24) is 4.57 Å². The highest BCUT2D eigenvalue weighted by Crippen LogP contribution is 2.33. The Kier molecular flexibility index (Phi) is 5.46. The monoisotopic (exact) mass is 352 g/mol. The number of benzene rings is 2. The van der Waals surface area contributed by atoms with Crippen LogP contribution >= 0.6 is 11.3 Å². The van der Waals surface area contributed by atoms with Gasteiger partial charge >= 0.3 is 5.97 Å². The zero-order chi connectivity index (χ0) is 17.6. The van der Waals surface area contributed by atoms with E-state index >= 15 is 0 Å². The average Bonchev–Trinajstić information content (AvgIpc) is 2.98. The molecule has 0 unspecified atom stereocenters. The maximum absolute atomic E-state index is 11.6. The van der Waals surface area contributed by atoms with Crippen LogP contribution in [0.15, 0.2) is 65.7 Å². The molecule has 0 aliphatic heterocycles. The molecule has 25 heavy (non-hydrogen) atoms. The summed E-state index contributed by atoms with van der Waals surface area (Å²) in [5.74, 6) is -0.307. The van der Waals surface area contributed by atoms with Gasteiger partial charge in [-0.1, -0.05) is 72.0 Å². The van der Waals surface area contributed by atoms with Crippen molar-refractivity contribution < 1.29 is 9.53 Å². The smallest absolute Gasteiger partial charge is 0.327 e. The fourth-order valence-corrected chi connectivity index (χ4v) is 3.78. The fourth-order valence-electron chi connectivity index (χ4n) is 2.64. The molecule has 128 valence electrons. The Labute approximate surface area is 151 Å². The number of carbonyl (C=O) groups is 1. The lowest BCUT2D eigenvalue weighted by Crippen LogP contribution is -2.16. The van der Waals surface area contributed by atoms with Crippen LogP contribution in [0.25, 0.3) is 21.7 Å². The average molecular weight is 352 g/mol. The van der Waals surface area contributed by atoms with E-state index in [0.717, 1.165) is 26.5 Å². The first kappa shape index (κ1) is 17.2. The molecule has 0 aliphatic rings. The Morgan fingerprint density at radius 3 is 2.24 bits per heavy atom. The van der Waals surface area contributed by atoms with Crippen molar-refractivity contribution in [2.75, 3.05) is 13.2 Å². The van der Waals surface area contributed by atoms with Crippen molar-refractivity contribution in [3.63, 3.8) is 0 Å². The SMILES string of the molecule is CCOC(=O)CN=c1sc(-c2ccccc2)c(-c2ccccc2)n1C. The van der Waals surface area contributed by atoms with Gasteiger partial charge in [0.05, 0.1) is 17.2 Å². The predicted molar refractivity (Wildman–Crippen MR) is 101 cm³/mol. The van der Waals surface area contributed by atoms with Crippen LogP contribution in [0.5, 0.6) is 0 Å². The third-order valence-electron chi connectivity index (χ3n) is 3.76. The second-order valence-electron chi connectivity index (χ2n) is 5.47. The van der Waals surface area contributed by atoms with Gasteiger partial charge < -0.3 is 9.30 Å². The summed E-state index contributed by atoms with van der Waals surface area (Å²) in [6, 6.07) is 20.5. The fraction of sp³-hybridized carbons (Fsp3) is 0.200. The molecule has 3 aromatic rings. The molecular weight excluding hydrogens is 332 g/mol. The molecule has 0 amide bonds. The van der Waals surface area contributed by atoms with E-state index in [1.807, 2.05) is 48.0 Å². The molecule has 0 spiro atoms. The Hall–Kier alpha value is -2.66. The van der Waals surface area contributed by atoms with Gasteiger partial charge in [0.2, 0.25) is 0 Å². The Morgan fingerprint density at radius 2 is 1.64 bits per heavy atom. The maximum atomic E-state index is 11.6. The van der Waals surface area contributed by atoms with Gasteiger partial charge in [0.25, 0.3) is 0 Å². The van der Waals surface area contributed by atoms with Crippen molar-refractivity contribution in [2.24, 2.45) is 12.0 Å². The second-order valence-corrected chi connectivity index (χ2v) is 6.45. The molecule has 3 rings (SSSR count).